The van der Waals surface area contributed by atoms with E-state index in [1.807, 2.05) is 13.8 Å². The number of morpholine rings is 1. The summed E-state index contributed by atoms with van der Waals surface area (Å²) in [7, 11) is 0. The zero-order valence-corrected chi connectivity index (χ0v) is 11.5. The third-order valence-corrected chi connectivity index (χ3v) is 3.79. The lowest BCUT2D eigenvalue weighted by Gasteiger charge is -2.39. The van der Waals surface area contributed by atoms with Crippen LogP contribution in [0.2, 0.25) is 0 Å². The van der Waals surface area contributed by atoms with Crippen molar-refractivity contribution in [1.29, 1.82) is 0 Å². The summed E-state index contributed by atoms with van der Waals surface area (Å²) >= 11 is 0. The molecule has 4 heteroatoms. The van der Waals surface area contributed by atoms with E-state index in [2.05, 4.69) is 4.90 Å². The van der Waals surface area contributed by atoms with E-state index in [9.17, 15) is 9.18 Å². The van der Waals surface area contributed by atoms with Gasteiger partial charge in [-0.15, -0.1) is 0 Å². The molecule has 1 aliphatic rings. The number of hydrogen-bond donors (Lipinski definition) is 0. The van der Waals surface area contributed by atoms with Gasteiger partial charge in [-0.05, 0) is 25.5 Å². The first-order valence-corrected chi connectivity index (χ1v) is 6.61. The smallest absolute Gasteiger partial charge is 0.156 e. The van der Waals surface area contributed by atoms with Crippen LogP contribution in [0.3, 0.4) is 0 Å². The monoisotopic (exact) mass is 265 g/mol. The fourth-order valence-electron chi connectivity index (χ4n) is 2.33. The van der Waals surface area contributed by atoms with Gasteiger partial charge in [0.15, 0.2) is 5.78 Å². The Bertz CT molecular complexity index is 453. The molecular formula is C15H20FNO2. The fraction of sp³-hybridized carbons (Fsp3) is 0.533. The Morgan fingerprint density at radius 1 is 1.32 bits per heavy atom. The molecule has 19 heavy (non-hydrogen) atoms. The summed E-state index contributed by atoms with van der Waals surface area (Å²) in [4.78, 5) is 14.5. The zero-order chi connectivity index (χ0) is 13.9. The van der Waals surface area contributed by atoms with Gasteiger partial charge < -0.3 is 4.74 Å². The van der Waals surface area contributed by atoms with Crippen molar-refractivity contribution in [3.63, 3.8) is 0 Å². The Morgan fingerprint density at radius 2 is 1.95 bits per heavy atom. The first-order chi connectivity index (χ1) is 9.01. The average Bonchev–Trinajstić information content (AvgIpc) is 2.42. The molecule has 0 atom stereocenters. The number of benzene rings is 1. The first-order valence-electron chi connectivity index (χ1n) is 6.61. The van der Waals surface area contributed by atoms with Gasteiger partial charge >= 0.3 is 0 Å². The number of carbonyl (C=O) groups is 1. The molecule has 3 nitrogen and oxygen atoms in total. The summed E-state index contributed by atoms with van der Waals surface area (Å²) in [6.45, 7) is 6.60. The highest BCUT2D eigenvalue weighted by Crippen LogP contribution is 2.20. The minimum absolute atomic E-state index is 0.0412. The molecule has 1 aromatic carbocycles. The van der Waals surface area contributed by atoms with E-state index in [1.54, 1.807) is 18.2 Å². The largest absolute Gasteiger partial charge is 0.379 e. The number of nitrogens with zero attached hydrogens (tertiary/aromatic N) is 1. The molecule has 0 amide bonds. The third kappa shape index (κ3) is 3.19. The normalized spacial score (nSPS) is 17.4. The molecule has 0 N–H and O–H groups in total. The van der Waals surface area contributed by atoms with Gasteiger partial charge in [-0.2, -0.15) is 0 Å². The van der Waals surface area contributed by atoms with Gasteiger partial charge in [-0.1, -0.05) is 18.2 Å². The highest BCUT2D eigenvalue weighted by atomic mass is 19.1. The second-order valence-corrected chi connectivity index (χ2v) is 5.35. The lowest BCUT2D eigenvalue weighted by molar-refractivity contribution is -0.131. The molecule has 1 aromatic rings. The van der Waals surface area contributed by atoms with Gasteiger partial charge in [0.25, 0.3) is 0 Å². The van der Waals surface area contributed by atoms with E-state index in [-0.39, 0.29) is 18.0 Å². The number of ketones is 1. The molecule has 1 heterocycles. The molecule has 1 aliphatic heterocycles. The predicted molar refractivity (Wildman–Crippen MR) is 71.6 cm³/mol. The maximum absolute atomic E-state index is 13.6. The molecule has 0 unspecified atom stereocenters. The molecule has 1 saturated heterocycles. The van der Waals surface area contributed by atoms with E-state index in [4.69, 9.17) is 4.74 Å². The van der Waals surface area contributed by atoms with Crippen molar-refractivity contribution in [3.8, 4) is 0 Å². The summed E-state index contributed by atoms with van der Waals surface area (Å²) in [5, 5.41) is 0. The van der Waals surface area contributed by atoms with Crippen molar-refractivity contribution in [1.82, 2.24) is 4.90 Å². The van der Waals surface area contributed by atoms with Gasteiger partial charge in [-0.25, -0.2) is 4.39 Å². The standard InChI is InChI=1S/C15H20FNO2/c1-15(2,17-7-9-19-10-8-17)14(18)11-12-5-3-4-6-13(12)16/h3-6H,7-11H2,1-2H3. The summed E-state index contributed by atoms with van der Waals surface area (Å²) in [5.41, 5.74) is -0.111. The van der Waals surface area contributed by atoms with Crippen molar-refractivity contribution in [2.45, 2.75) is 25.8 Å². The number of carbonyl (C=O) groups excluding carboxylic acids is 1. The summed E-state index contributed by atoms with van der Waals surface area (Å²) in [6.07, 6.45) is 0.136. The minimum Gasteiger partial charge on any atom is -0.379 e. The number of Topliss-reactive ketones (excluding diaryl/α,β-unsaturated/α-hetero) is 1. The van der Waals surface area contributed by atoms with Crippen LogP contribution in [0.15, 0.2) is 24.3 Å². The van der Waals surface area contributed by atoms with Gasteiger partial charge in [0.2, 0.25) is 0 Å². The van der Waals surface area contributed by atoms with Crippen LogP contribution < -0.4 is 0 Å². The van der Waals surface area contributed by atoms with E-state index in [1.165, 1.54) is 6.07 Å². The first kappa shape index (κ1) is 14.2. The summed E-state index contributed by atoms with van der Waals surface area (Å²) < 4.78 is 18.9. The molecule has 0 saturated carbocycles. The molecule has 0 aromatic heterocycles. The van der Waals surface area contributed by atoms with Gasteiger partial charge in [0.1, 0.15) is 5.82 Å². The van der Waals surface area contributed by atoms with Crippen LogP contribution in [0.4, 0.5) is 4.39 Å². The quantitative estimate of drug-likeness (QED) is 0.834. The van der Waals surface area contributed by atoms with Gasteiger partial charge in [-0.3, -0.25) is 9.69 Å². The van der Waals surface area contributed by atoms with Crippen LogP contribution in [0.5, 0.6) is 0 Å². The van der Waals surface area contributed by atoms with Crippen molar-refractivity contribution >= 4 is 5.78 Å². The molecule has 0 bridgehead atoms. The molecular weight excluding hydrogens is 245 g/mol. The van der Waals surface area contributed by atoms with Crippen LogP contribution in [0, 0.1) is 5.82 Å². The van der Waals surface area contributed by atoms with E-state index < -0.39 is 5.54 Å². The van der Waals surface area contributed by atoms with E-state index in [0.29, 0.717) is 18.8 Å². The van der Waals surface area contributed by atoms with Crippen LogP contribution in [0.1, 0.15) is 19.4 Å². The number of halogens is 1. The van der Waals surface area contributed by atoms with Crippen molar-refractivity contribution < 1.29 is 13.9 Å². The SMILES string of the molecule is CC(C)(C(=O)Cc1ccccc1F)N1CCOCC1. The van der Waals surface area contributed by atoms with Crippen LogP contribution in [0.25, 0.3) is 0 Å². The van der Waals surface area contributed by atoms with Crippen LogP contribution in [-0.2, 0) is 16.0 Å². The average molecular weight is 265 g/mol. The Kier molecular flexibility index (Phi) is 4.32. The second kappa shape index (κ2) is 5.80. The van der Waals surface area contributed by atoms with Crippen LogP contribution in [-0.4, -0.2) is 42.5 Å². The maximum atomic E-state index is 13.6. The minimum atomic E-state index is -0.577. The predicted octanol–water partition coefficient (Wildman–Crippen LogP) is 2.05. The number of ether oxygens (including phenoxy) is 1. The number of hydrogen-bond acceptors (Lipinski definition) is 3. The molecule has 2 rings (SSSR count). The van der Waals surface area contributed by atoms with Gasteiger partial charge in [0, 0.05) is 19.5 Å². The topological polar surface area (TPSA) is 29.5 Å². The lowest BCUT2D eigenvalue weighted by Crippen LogP contribution is -2.54. The highest BCUT2D eigenvalue weighted by molar-refractivity contribution is 5.89. The van der Waals surface area contributed by atoms with Crippen molar-refractivity contribution in [3.05, 3.63) is 35.6 Å². The Morgan fingerprint density at radius 3 is 2.58 bits per heavy atom. The molecule has 0 radical (unpaired) electrons. The molecule has 1 fully saturated rings. The Hall–Kier alpha value is -1.26. The summed E-state index contributed by atoms with van der Waals surface area (Å²) in [6, 6.07) is 6.46. The maximum Gasteiger partial charge on any atom is 0.156 e. The summed E-state index contributed by atoms with van der Waals surface area (Å²) in [5.74, 6) is -0.270. The second-order valence-electron chi connectivity index (χ2n) is 5.35. The van der Waals surface area contributed by atoms with E-state index >= 15 is 0 Å². The van der Waals surface area contributed by atoms with Gasteiger partial charge in [0.05, 0.1) is 18.8 Å². The van der Waals surface area contributed by atoms with Crippen LogP contribution >= 0.6 is 0 Å². The lowest BCUT2D eigenvalue weighted by atomic mass is 9.91. The number of rotatable bonds is 4. The Balaban J connectivity index is 2.08. The molecule has 0 aliphatic carbocycles. The van der Waals surface area contributed by atoms with Crippen molar-refractivity contribution in [2.75, 3.05) is 26.3 Å². The highest BCUT2D eigenvalue weighted by Gasteiger charge is 2.35. The zero-order valence-electron chi connectivity index (χ0n) is 11.5. The van der Waals surface area contributed by atoms with Crippen molar-refractivity contribution in [2.24, 2.45) is 0 Å². The molecule has 0 spiro atoms. The molecule has 104 valence electrons. The fourth-order valence-corrected chi connectivity index (χ4v) is 2.33. The Labute approximate surface area is 113 Å². The third-order valence-electron chi connectivity index (χ3n) is 3.79. The van der Waals surface area contributed by atoms with E-state index in [0.717, 1.165) is 13.1 Å².